The fourth-order valence-electron chi connectivity index (χ4n) is 3.79. The molecule has 0 spiro atoms. The van der Waals surface area contributed by atoms with Gasteiger partial charge in [-0.25, -0.2) is 9.78 Å². The molecule has 1 heterocycles. The number of benzene rings is 3. The Bertz CT molecular complexity index is 1260. The summed E-state index contributed by atoms with van der Waals surface area (Å²) >= 11 is 0. The van der Waals surface area contributed by atoms with Crippen molar-refractivity contribution in [1.82, 2.24) is 10.3 Å². The maximum absolute atomic E-state index is 11.9. The average Bonchev–Trinajstić information content (AvgIpc) is 2.78. The Labute approximate surface area is 181 Å². The van der Waals surface area contributed by atoms with E-state index in [0.717, 1.165) is 44.3 Å². The molecule has 0 saturated carbocycles. The lowest BCUT2D eigenvalue weighted by atomic mass is 10.0. The van der Waals surface area contributed by atoms with Crippen LogP contribution in [0.1, 0.15) is 11.1 Å². The summed E-state index contributed by atoms with van der Waals surface area (Å²) in [5.74, 6) is 0.714. The van der Waals surface area contributed by atoms with Gasteiger partial charge < -0.3 is 19.7 Å². The molecule has 1 aromatic heterocycles. The van der Waals surface area contributed by atoms with E-state index in [2.05, 4.69) is 30.4 Å². The number of nitrogens with zero attached hydrogens (tertiary/aromatic N) is 2. The lowest BCUT2D eigenvalue weighted by Crippen LogP contribution is -2.28. The number of amides is 1. The minimum absolute atomic E-state index is 0.0183. The molecule has 0 aliphatic carbocycles. The quantitative estimate of drug-likeness (QED) is 0.346. The molecule has 0 radical (unpaired) electrons. The Morgan fingerprint density at radius 3 is 2.52 bits per heavy atom. The van der Waals surface area contributed by atoms with Crippen LogP contribution in [0, 0.1) is 13.8 Å². The number of hydrogen-bond acceptors (Lipinski definition) is 5. The van der Waals surface area contributed by atoms with Crippen LogP contribution >= 0.6 is 0 Å². The van der Waals surface area contributed by atoms with E-state index in [1.807, 2.05) is 54.3 Å². The van der Waals surface area contributed by atoms with E-state index in [9.17, 15) is 4.79 Å². The molecule has 6 nitrogen and oxygen atoms in total. The Morgan fingerprint density at radius 1 is 1.03 bits per heavy atom. The Balaban J connectivity index is 2.01. The number of hydrogen-bond donors (Lipinski definition) is 1. The molecule has 1 amide bonds. The van der Waals surface area contributed by atoms with Crippen molar-refractivity contribution in [2.75, 3.05) is 25.8 Å². The fourth-order valence-corrected chi connectivity index (χ4v) is 3.79. The highest BCUT2D eigenvalue weighted by Gasteiger charge is 2.22. The SMILES string of the molecule is CNC(=O)OCN(c1ccccc1)c1c(OC)c(C)cc2nc3ccc(C)cc3cc12. The van der Waals surface area contributed by atoms with Gasteiger partial charge in [0.1, 0.15) is 5.75 Å². The second-order valence-corrected chi connectivity index (χ2v) is 7.40. The van der Waals surface area contributed by atoms with E-state index in [1.54, 1.807) is 7.11 Å². The Morgan fingerprint density at radius 2 is 1.81 bits per heavy atom. The first-order valence-electron chi connectivity index (χ1n) is 10.1. The van der Waals surface area contributed by atoms with Gasteiger partial charge in [0.2, 0.25) is 0 Å². The number of anilines is 2. The van der Waals surface area contributed by atoms with Crippen molar-refractivity contribution < 1.29 is 14.3 Å². The van der Waals surface area contributed by atoms with Crippen LogP contribution in [0.2, 0.25) is 0 Å². The second-order valence-electron chi connectivity index (χ2n) is 7.40. The zero-order valence-electron chi connectivity index (χ0n) is 18.1. The van der Waals surface area contributed by atoms with Crippen LogP contribution in [-0.2, 0) is 4.74 Å². The number of carbonyl (C=O) groups excluding carboxylic acids is 1. The van der Waals surface area contributed by atoms with Crippen LogP contribution in [0.5, 0.6) is 5.75 Å². The van der Waals surface area contributed by atoms with E-state index in [4.69, 9.17) is 14.5 Å². The number of nitrogens with one attached hydrogen (secondary N) is 1. The molecule has 1 N–H and O–H groups in total. The van der Waals surface area contributed by atoms with Crippen molar-refractivity contribution in [2.45, 2.75) is 13.8 Å². The summed E-state index contributed by atoms with van der Waals surface area (Å²) in [6, 6.07) is 20.2. The van der Waals surface area contributed by atoms with E-state index in [0.29, 0.717) is 5.75 Å². The molecule has 4 aromatic rings. The smallest absolute Gasteiger partial charge is 0.408 e. The highest BCUT2D eigenvalue weighted by molar-refractivity contribution is 6.04. The van der Waals surface area contributed by atoms with Gasteiger partial charge in [-0.1, -0.05) is 29.8 Å². The maximum Gasteiger partial charge on any atom is 0.408 e. The van der Waals surface area contributed by atoms with Gasteiger partial charge in [0.05, 0.1) is 23.8 Å². The summed E-state index contributed by atoms with van der Waals surface area (Å²) < 4.78 is 11.3. The molecular formula is C25H25N3O3. The average molecular weight is 415 g/mol. The van der Waals surface area contributed by atoms with Gasteiger partial charge in [0.25, 0.3) is 0 Å². The molecule has 4 rings (SSSR count). The third-order valence-corrected chi connectivity index (χ3v) is 5.25. The Hall–Kier alpha value is -3.80. The first-order valence-corrected chi connectivity index (χ1v) is 10.1. The molecule has 3 aromatic carbocycles. The van der Waals surface area contributed by atoms with Gasteiger partial charge in [-0.15, -0.1) is 0 Å². The van der Waals surface area contributed by atoms with Gasteiger partial charge >= 0.3 is 6.09 Å². The number of ether oxygens (including phenoxy) is 2. The summed E-state index contributed by atoms with van der Waals surface area (Å²) in [4.78, 5) is 18.7. The number of fused-ring (bicyclic) bond motifs is 2. The standard InChI is InChI=1S/C25H25N3O3/c1-16-10-11-21-18(12-16)14-20-22(27-21)13-17(2)24(30-4)23(20)28(15-31-25(29)26-3)19-8-6-5-7-9-19/h5-14H,15H2,1-4H3,(H,26,29). The highest BCUT2D eigenvalue weighted by Crippen LogP contribution is 2.42. The van der Waals surface area contributed by atoms with Crippen LogP contribution in [-0.4, -0.2) is 32.0 Å². The fraction of sp³-hybridized carbons (Fsp3) is 0.200. The number of rotatable bonds is 5. The summed E-state index contributed by atoms with van der Waals surface area (Å²) in [6.45, 7) is 4.07. The number of aryl methyl sites for hydroxylation is 2. The molecular weight excluding hydrogens is 390 g/mol. The van der Waals surface area contributed by atoms with Crippen molar-refractivity contribution in [3.05, 3.63) is 71.8 Å². The van der Waals surface area contributed by atoms with Gasteiger partial charge in [0.15, 0.2) is 6.73 Å². The molecule has 0 atom stereocenters. The topological polar surface area (TPSA) is 63.7 Å². The van der Waals surface area contributed by atoms with Crippen LogP contribution < -0.4 is 15.0 Å². The molecule has 31 heavy (non-hydrogen) atoms. The van der Waals surface area contributed by atoms with Crippen LogP contribution in [0.15, 0.2) is 60.7 Å². The van der Waals surface area contributed by atoms with Crippen molar-refractivity contribution >= 4 is 39.3 Å². The minimum Gasteiger partial charge on any atom is -0.494 e. The first-order chi connectivity index (χ1) is 15.0. The van der Waals surface area contributed by atoms with Crippen molar-refractivity contribution in [3.8, 4) is 5.75 Å². The predicted molar refractivity (Wildman–Crippen MR) is 124 cm³/mol. The van der Waals surface area contributed by atoms with Crippen molar-refractivity contribution in [3.63, 3.8) is 0 Å². The number of para-hydroxylation sites is 1. The second kappa shape index (κ2) is 8.52. The molecule has 0 aliphatic rings. The zero-order valence-corrected chi connectivity index (χ0v) is 18.1. The summed E-state index contributed by atoms with van der Waals surface area (Å²) in [5, 5.41) is 4.46. The number of alkyl carbamates (subject to hydrolysis) is 1. The first kappa shape index (κ1) is 20.5. The van der Waals surface area contributed by atoms with Gasteiger partial charge in [-0.05, 0) is 55.8 Å². The van der Waals surface area contributed by atoms with Crippen LogP contribution in [0.3, 0.4) is 0 Å². The van der Waals surface area contributed by atoms with Gasteiger partial charge in [-0.3, -0.25) is 0 Å². The number of methoxy groups -OCH3 is 1. The largest absolute Gasteiger partial charge is 0.494 e. The molecule has 0 unspecified atom stereocenters. The third kappa shape index (κ3) is 3.97. The Kier molecular flexibility index (Phi) is 5.62. The summed E-state index contributed by atoms with van der Waals surface area (Å²) in [5.41, 5.74) is 5.58. The zero-order chi connectivity index (χ0) is 22.0. The molecule has 0 fully saturated rings. The van der Waals surface area contributed by atoms with Gasteiger partial charge in [-0.2, -0.15) is 0 Å². The van der Waals surface area contributed by atoms with E-state index in [-0.39, 0.29) is 6.73 Å². The number of pyridine rings is 1. The third-order valence-electron chi connectivity index (χ3n) is 5.25. The summed E-state index contributed by atoms with van der Waals surface area (Å²) in [6.07, 6.45) is -0.504. The molecule has 0 aliphatic heterocycles. The molecule has 0 bridgehead atoms. The van der Waals surface area contributed by atoms with E-state index >= 15 is 0 Å². The van der Waals surface area contributed by atoms with Gasteiger partial charge in [0, 0.05) is 23.5 Å². The minimum atomic E-state index is -0.504. The lowest BCUT2D eigenvalue weighted by Gasteiger charge is -2.28. The monoisotopic (exact) mass is 415 g/mol. The lowest BCUT2D eigenvalue weighted by molar-refractivity contribution is 0.151. The maximum atomic E-state index is 11.9. The molecule has 0 saturated heterocycles. The normalized spacial score (nSPS) is 10.8. The van der Waals surface area contributed by atoms with Crippen LogP contribution in [0.25, 0.3) is 21.8 Å². The number of carbonyl (C=O) groups is 1. The highest BCUT2D eigenvalue weighted by atomic mass is 16.6. The van der Waals surface area contributed by atoms with Crippen LogP contribution in [0.4, 0.5) is 16.2 Å². The molecule has 158 valence electrons. The van der Waals surface area contributed by atoms with Crippen molar-refractivity contribution in [2.24, 2.45) is 0 Å². The predicted octanol–water partition coefficient (Wildman–Crippen LogP) is 5.47. The molecule has 6 heteroatoms. The number of aromatic nitrogens is 1. The van der Waals surface area contributed by atoms with E-state index < -0.39 is 6.09 Å². The van der Waals surface area contributed by atoms with E-state index in [1.165, 1.54) is 7.05 Å². The van der Waals surface area contributed by atoms with Crippen molar-refractivity contribution in [1.29, 1.82) is 0 Å². The summed E-state index contributed by atoms with van der Waals surface area (Å²) in [7, 11) is 3.19.